The maximum absolute atomic E-state index is 13.2. The molecule has 1 aliphatic rings. The zero-order valence-corrected chi connectivity index (χ0v) is 15.4. The van der Waals surface area contributed by atoms with Crippen LogP contribution in [0, 0.1) is 5.92 Å². The average molecular weight is 327 g/mol. The molecule has 2 rings (SSSR count). The summed E-state index contributed by atoms with van der Waals surface area (Å²) in [5, 5.41) is 1.53. The Morgan fingerprint density at radius 1 is 1.22 bits per heavy atom. The van der Waals surface area contributed by atoms with Crippen LogP contribution in [0.3, 0.4) is 0 Å². The van der Waals surface area contributed by atoms with Crippen molar-refractivity contribution in [3.63, 3.8) is 0 Å². The number of pyridine rings is 1. The molecule has 1 aromatic rings. The second kappa shape index (κ2) is 10.3. The fourth-order valence-corrected chi connectivity index (χ4v) is 1.98. The third-order valence-electron chi connectivity index (χ3n) is 2.95. The van der Waals surface area contributed by atoms with Crippen LogP contribution >= 0.6 is 0 Å². The van der Waals surface area contributed by atoms with Gasteiger partial charge in [0.05, 0.1) is 0 Å². The summed E-state index contributed by atoms with van der Waals surface area (Å²) in [7, 11) is 0. The van der Waals surface area contributed by atoms with E-state index >= 15 is 0 Å². The quantitative estimate of drug-likeness (QED) is 0.824. The molecule has 0 saturated heterocycles. The summed E-state index contributed by atoms with van der Waals surface area (Å²) in [6.45, 7) is 13.2. The number of hydrogen-bond acceptors (Lipinski definition) is 3. The first-order valence-electron chi connectivity index (χ1n) is 8.43. The molecule has 3 nitrogen and oxygen atoms in total. The van der Waals surface area contributed by atoms with E-state index in [1.807, 2.05) is 39.8 Å². The zero-order valence-electron chi connectivity index (χ0n) is 15.4. The first-order valence-corrected chi connectivity index (χ1v) is 8.43. The van der Waals surface area contributed by atoms with Crippen LogP contribution < -0.4 is 10.4 Å². The monoisotopic (exact) mass is 327 g/mol. The molecular formula is C18H31F2N3. The van der Waals surface area contributed by atoms with Crippen LogP contribution in [0.4, 0.5) is 14.6 Å². The second-order valence-corrected chi connectivity index (χ2v) is 5.40. The van der Waals surface area contributed by atoms with Crippen molar-refractivity contribution in [3.8, 4) is 0 Å². The molecule has 0 aromatic carbocycles. The van der Waals surface area contributed by atoms with E-state index in [1.54, 1.807) is 12.4 Å². The highest BCUT2D eigenvalue weighted by atomic mass is 19.3. The molecule has 0 aliphatic carbocycles. The van der Waals surface area contributed by atoms with Gasteiger partial charge >= 0.3 is 0 Å². The van der Waals surface area contributed by atoms with E-state index in [4.69, 9.17) is 0 Å². The molecule has 0 bridgehead atoms. The number of alkyl halides is 2. The van der Waals surface area contributed by atoms with Crippen LogP contribution in [0.15, 0.2) is 30.6 Å². The zero-order chi connectivity index (χ0) is 18.0. The Kier molecular flexibility index (Phi) is 9.65. The standard InChI is InChI=1S/C14H19F2N3.2C2H6/c1-10(2)8-11-4-5-13(17-9-11)19-7-6-12(18-19)14(3,15)16;2*1-2/h4-7,9-10,12,18H,8H2,1-3H3;2*1-2H3. The van der Waals surface area contributed by atoms with Gasteiger partial charge in [-0.25, -0.2) is 19.2 Å². The molecule has 1 unspecified atom stereocenters. The summed E-state index contributed by atoms with van der Waals surface area (Å²) >= 11 is 0. The maximum atomic E-state index is 13.2. The van der Waals surface area contributed by atoms with Crippen LogP contribution in [-0.2, 0) is 6.42 Å². The Balaban J connectivity index is 0.00000112. The van der Waals surface area contributed by atoms with Crippen LogP contribution in [0.25, 0.3) is 0 Å². The minimum Gasteiger partial charge on any atom is -0.267 e. The molecule has 23 heavy (non-hydrogen) atoms. The van der Waals surface area contributed by atoms with E-state index in [0.29, 0.717) is 11.7 Å². The van der Waals surface area contributed by atoms with Gasteiger partial charge < -0.3 is 0 Å². The molecule has 132 valence electrons. The van der Waals surface area contributed by atoms with E-state index in [0.717, 1.165) is 18.9 Å². The largest absolute Gasteiger partial charge is 0.267 e. The lowest BCUT2D eigenvalue weighted by Gasteiger charge is -2.22. The summed E-state index contributed by atoms with van der Waals surface area (Å²) in [4.78, 5) is 4.30. The van der Waals surface area contributed by atoms with Crippen molar-refractivity contribution in [2.45, 2.75) is 66.9 Å². The average Bonchev–Trinajstić information content (AvgIpc) is 3.02. The summed E-state index contributed by atoms with van der Waals surface area (Å²) in [5.74, 6) is -1.60. The summed E-state index contributed by atoms with van der Waals surface area (Å²) in [5.41, 5.74) is 3.87. The molecule has 1 aromatic heterocycles. The molecule has 1 N–H and O–H groups in total. The molecule has 0 fully saturated rings. The van der Waals surface area contributed by atoms with E-state index in [9.17, 15) is 8.78 Å². The third-order valence-corrected chi connectivity index (χ3v) is 2.95. The van der Waals surface area contributed by atoms with Crippen LogP contribution in [0.1, 0.15) is 54.0 Å². The van der Waals surface area contributed by atoms with Gasteiger partial charge in [0.15, 0.2) is 0 Å². The normalized spacial score (nSPS) is 16.6. The lowest BCUT2D eigenvalue weighted by molar-refractivity contribution is 0.000109. The lowest BCUT2D eigenvalue weighted by Crippen LogP contribution is -2.44. The first kappa shape index (κ1) is 21.5. The van der Waals surface area contributed by atoms with E-state index in [1.165, 1.54) is 11.1 Å². The van der Waals surface area contributed by atoms with Crippen molar-refractivity contribution in [2.75, 3.05) is 5.01 Å². The number of nitrogens with one attached hydrogen (secondary N) is 1. The van der Waals surface area contributed by atoms with Crippen LogP contribution in [-0.4, -0.2) is 16.9 Å². The molecule has 0 radical (unpaired) electrons. The van der Waals surface area contributed by atoms with Gasteiger partial charge in [0.2, 0.25) is 0 Å². The smallest absolute Gasteiger partial charge is 0.265 e. The van der Waals surface area contributed by atoms with Crippen LogP contribution in [0.5, 0.6) is 0 Å². The number of anilines is 1. The molecular weight excluding hydrogens is 296 g/mol. The number of aromatic nitrogens is 1. The molecule has 2 heterocycles. The Labute approximate surface area is 139 Å². The number of hydrogen-bond donors (Lipinski definition) is 1. The van der Waals surface area contributed by atoms with Gasteiger partial charge in [0.25, 0.3) is 5.92 Å². The second-order valence-electron chi connectivity index (χ2n) is 5.40. The maximum Gasteiger partial charge on any atom is 0.265 e. The van der Waals surface area contributed by atoms with Gasteiger partial charge in [-0.05, 0) is 30.0 Å². The van der Waals surface area contributed by atoms with E-state index in [2.05, 4.69) is 24.3 Å². The van der Waals surface area contributed by atoms with Crippen molar-refractivity contribution in [1.29, 1.82) is 0 Å². The lowest BCUT2D eigenvalue weighted by atomic mass is 10.1. The highest BCUT2D eigenvalue weighted by molar-refractivity contribution is 5.44. The summed E-state index contributed by atoms with van der Waals surface area (Å²) < 4.78 is 26.3. The minimum atomic E-state index is -2.79. The Morgan fingerprint density at radius 2 is 1.83 bits per heavy atom. The van der Waals surface area contributed by atoms with Gasteiger partial charge in [-0.1, -0.05) is 47.6 Å². The Bertz CT molecular complexity index is 450. The Hall–Kier alpha value is -1.49. The van der Waals surface area contributed by atoms with E-state index in [-0.39, 0.29) is 0 Å². The number of hydrazine groups is 1. The molecule has 1 aliphatic heterocycles. The van der Waals surface area contributed by atoms with Gasteiger partial charge in [-0.3, -0.25) is 5.01 Å². The van der Waals surface area contributed by atoms with Crippen LogP contribution in [0.2, 0.25) is 0 Å². The molecule has 0 saturated carbocycles. The summed E-state index contributed by atoms with van der Waals surface area (Å²) in [6.07, 6.45) is 5.80. The summed E-state index contributed by atoms with van der Waals surface area (Å²) in [6, 6.07) is 2.84. The van der Waals surface area contributed by atoms with Gasteiger partial charge in [-0.2, -0.15) is 0 Å². The number of nitrogens with zero attached hydrogens (tertiary/aromatic N) is 2. The predicted molar refractivity (Wildman–Crippen MR) is 94.6 cm³/mol. The van der Waals surface area contributed by atoms with Gasteiger partial charge in [0, 0.05) is 19.3 Å². The molecule has 0 amide bonds. The van der Waals surface area contributed by atoms with Crippen molar-refractivity contribution >= 4 is 5.82 Å². The van der Waals surface area contributed by atoms with Crippen molar-refractivity contribution < 1.29 is 8.78 Å². The topological polar surface area (TPSA) is 28.2 Å². The first-order chi connectivity index (χ1) is 10.9. The molecule has 5 heteroatoms. The molecule has 1 atom stereocenters. The number of rotatable bonds is 4. The van der Waals surface area contributed by atoms with Gasteiger partial charge in [-0.15, -0.1) is 0 Å². The van der Waals surface area contributed by atoms with Crippen molar-refractivity contribution in [2.24, 2.45) is 5.92 Å². The minimum absolute atomic E-state index is 0.570. The van der Waals surface area contributed by atoms with Crippen molar-refractivity contribution in [1.82, 2.24) is 10.4 Å². The van der Waals surface area contributed by atoms with E-state index < -0.39 is 12.0 Å². The Morgan fingerprint density at radius 3 is 2.22 bits per heavy atom. The fourth-order valence-electron chi connectivity index (χ4n) is 1.98. The predicted octanol–water partition coefficient (Wildman–Crippen LogP) is 5.19. The molecule has 0 spiro atoms. The third kappa shape index (κ3) is 7.08. The van der Waals surface area contributed by atoms with Crippen molar-refractivity contribution in [3.05, 3.63) is 36.2 Å². The highest BCUT2D eigenvalue weighted by Gasteiger charge is 2.36. The fraction of sp³-hybridized carbons (Fsp3) is 0.611. The SMILES string of the molecule is CC.CC.CC(C)Cc1ccc(N2C=CC(C(C)(F)F)N2)nc1. The highest BCUT2D eigenvalue weighted by Crippen LogP contribution is 2.24. The number of halogens is 2. The van der Waals surface area contributed by atoms with Gasteiger partial charge in [0.1, 0.15) is 11.9 Å².